The van der Waals surface area contributed by atoms with Crippen LogP contribution in [0.4, 0.5) is 0 Å². The van der Waals surface area contributed by atoms with Gasteiger partial charge < -0.3 is 0 Å². The predicted molar refractivity (Wildman–Crippen MR) is 68.4 cm³/mol. The molecule has 1 aromatic carbocycles. The van der Waals surface area contributed by atoms with Crippen LogP contribution in [-0.2, 0) is 0 Å². The summed E-state index contributed by atoms with van der Waals surface area (Å²) in [5.41, 5.74) is 0.560. The smallest absolute Gasteiger partial charge is 0.174 e. The highest BCUT2D eigenvalue weighted by Gasteiger charge is 2.10. The van der Waals surface area contributed by atoms with Crippen LogP contribution in [0.1, 0.15) is 23.7 Å². The zero-order valence-electron chi connectivity index (χ0n) is 8.43. The summed E-state index contributed by atoms with van der Waals surface area (Å²) in [4.78, 5) is 11.7. The normalized spacial score (nSPS) is 10.3. The average molecular weight is 263 g/mol. The summed E-state index contributed by atoms with van der Waals surface area (Å²) >= 11 is 13.3. The SMILES string of the molecule is CCCSCC(=O)c1ccc(Cl)cc1Cl. The molecule has 0 atom stereocenters. The number of rotatable bonds is 5. The van der Waals surface area contributed by atoms with Gasteiger partial charge in [-0.1, -0.05) is 30.1 Å². The standard InChI is InChI=1S/C11H12Cl2OS/c1-2-5-15-7-11(14)9-4-3-8(12)6-10(9)13/h3-4,6H,2,5,7H2,1H3. The molecule has 0 spiro atoms. The molecule has 0 saturated carbocycles. The number of halogens is 2. The fraction of sp³-hybridized carbons (Fsp3) is 0.364. The summed E-state index contributed by atoms with van der Waals surface area (Å²) in [7, 11) is 0. The fourth-order valence-electron chi connectivity index (χ4n) is 1.10. The van der Waals surface area contributed by atoms with Crippen molar-refractivity contribution in [1.82, 2.24) is 0 Å². The quantitative estimate of drug-likeness (QED) is 0.581. The largest absolute Gasteiger partial charge is 0.293 e. The van der Waals surface area contributed by atoms with Crippen molar-refractivity contribution in [3.05, 3.63) is 33.8 Å². The van der Waals surface area contributed by atoms with Crippen LogP contribution in [0, 0.1) is 0 Å². The molecule has 0 aromatic heterocycles. The third-order valence-electron chi connectivity index (χ3n) is 1.81. The number of ketones is 1. The maximum atomic E-state index is 11.7. The first-order valence-electron chi connectivity index (χ1n) is 4.71. The van der Waals surface area contributed by atoms with Gasteiger partial charge in [0.1, 0.15) is 0 Å². The maximum Gasteiger partial charge on any atom is 0.174 e. The van der Waals surface area contributed by atoms with Gasteiger partial charge in [0.2, 0.25) is 0 Å². The predicted octanol–water partition coefficient (Wildman–Crippen LogP) is 4.32. The van der Waals surface area contributed by atoms with Gasteiger partial charge in [0.05, 0.1) is 10.8 Å². The highest BCUT2D eigenvalue weighted by Crippen LogP contribution is 2.22. The first-order chi connectivity index (χ1) is 7.15. The lowest BCUT2D eigenvalue weighted by molar-refractivity contribution is 0.102. The van der Waals surface area contributed by atoms with Gasteiger partial charge >= 0.3 is 0 Å². The Kier molecular flexibility index (Phi) is 5.51. The Labute approximate surface area is 104 Å². The lowest BCUT2D eigenvalue weighted by Gasteiger charge is -2.03. The molecule has 0 aliphatic heterocycles. The van der Waals surface area contributed by atoms with E-state index in [0.29, 0.717) is 21.4 Å². The lowest BCUT2D eigenvalue weighted by Crippen LogP contribution is -2.03. The Balaban J connectivity index is 2.65. The van der Waals surface area contributed by atoms with E-state index in [1.807, 2.05) is 0 Å². The third-order valence-corrected chi connectivity index (χ3v) is 3.52. The Morgan fingerprint density at radius 2 is 2.13 bits per heavy atom. The molecular formula is C11H12Cl2OS. The van der Waals surface area contributed by atoms with Crippen LogP contribution in [0.25, 0.3) is 0 Å². The Bertz CT molecular complexity index is 352. The second-order valence-corrected chi connectivity index (χ2v) is 5.05. The Morgan fingerprint density at radius 3 is 2.73 bits per heavy atom. The molecule has 0 radical (unpaired) electrons. The zero-order valence-corrected chi connectivity index (χ0v) is 10.8. The summed E-state index contributed by atoms with van der Waals surface area (Å²) < 4.78 is 0. The average Bonchev–Trinajstić information content (AvgIpc) is 2.17. The number of benzene rings is 1. The second-order valence-electron chi connectivity index (χ2n) is 3.10. The minimum absolute atomic E-state index is 0.0649. The highest BCUT2D eigenvalue weighted by atomic mass is 35.5. The first kappa shape index (κ1) is 12.9. The minimum Gasteiger partial charge on any atom is -0.293 e. The fourth-order valence-corrected chi connectivity index (χ4v) is 2.39. The maximum absolute atomic E-state index is 11.7. The zero-order chi connectivity index (χ0) is 11.3. The number of Topliss-reactive ketones (excluding diaryl/α,β-unsaturated/α-hetero) is 1. The van der Waals surface area contributed by atoms with Crippen molar-refractivity contribution >= 4 is 40.7 Å². The second kappa shape index (κ2) is 6.41. The summed E-state index contributed by atoms with van der Waals surface area (Å²) in [5, 5.41) is 0.988. The van der Waals surface area contributed by atoms with Crippen LogP contribution in [0.15, 0.2) is 18.2 Å². The molecule has 0 aliphatic carbocycles. The summed E-state index contributed by atoms with van der Waals surface area (Å²) in [6, 6.07) is 4.96. The summed E-state index contributed by atoms with van der Waals surface area (Å²) in [5.74, 6) is 1.54. The van der Waals surface area contributed by atoms with Gasteiger partial charge in [0, 0.05) is 10.6 Å². The van der Waals surface area contributed by atoms with Gasteiger partial charge in [0.25, 0.3) is 0 Å². The van der Waals surface area contributed by atoms with E-state index in [1.54, 1.807) is 30.0 Å². The molecular weight excluding hydrogens is 251 g/mol. The number of carbonyl (C=O) groups is 1. The van der Waals surface area contributed by atoms with Crippen LogP contribution in [0.2, 0.25) is 10.0 Å². The number of hydrogen-bond donors (Lipinski definition) is 0. The Morgan fingerprint density at radius 1 is 1.40 bits per heavy atom. The number of carbonyl (C=O) groups excluding carboxylic acids is 1. The van der Waals surface area contributed by atoms with Crippen molar-refractivity contribution in [2.24, 2.45) is 0 Å². The van der Waals surface area contributed by atoms with Crippen molar-refractivity contribution < 1.29 is 4.79 Å². The molecule has 0 fully saturated rings. The molecule has 4 heteroatoms. The molecule has 1 aromatic rings. The molecule has 0 N–H and O–H groups in total. The van der Waals surface area contributed by atoms with E-state index in [9.17, 15) is 4.79 Å². The van der Waals surface area contributed by atoms with Crippen LogP contribution >= 0.6 is 35.0 Å². The van der Waals surface area contributed by atoms with Gasteiger partial charge in [-0.3, -0.25) is 4.79 Å². The van der Waals surface area contributed by atoms with Crippen molar-refractivity contribution in [3.63, 3.8) is 0 Å². The van der Waals surface area contributed by atoms with Crippen LogP contribution in [-0.4, -0.2) is 17.3 Å². The minimum atomic E-state index is 0.0649. The topological polar surface area (TPSA) is 17.1 Å². The van der Waals surface area contributed by atoms with Gasteiger partial charge in [-0.25, -0.2) is 0 Å². The van der Waals surface area contributed by atoms with Gasteiger partial charge in [0.15, 0.2) is 5.78 Å². The molecule has 15 heavy (non-hydrogen) atoms. The first-order valence-corrected chi connectivity index (χ1v) is 6.62. The number of thioether (sulfide) groups is 1. The summed E-state index contributed by atoms with van der Waals surface area (Å²) in [6.07, 6.45) is 1.08. The number of hydrogen-bond acceptors (Lipinski definition) is 2. The van der Waals surface area contributed by atoms with Gasteiger partial charge in [-0.15, -0.1) is 0 Å². The van der Waals surface area contributed by atoms with E-state index in [-0.39, 0.29) is 5.78 Å². The third kappa shape index (κ3) is 4.06. The van der Waals surface area contributed by atoms with Crippen molar-refractivity contribution in [2.75, 3.05) is 11.5 Å². The van der Waals surface area contributed by atoms with E-state index >= 15 is 0 Å². The molecule has 0 unspecified atom stereocenters. The van der Waals surface area contributed by atoms with E-state index in [2.05, 4.69) is 6.92 Å². The van der Waals surface area contributed by atoms with Crippen LogP contribution in [0.3, 0.4) is 0 Å². The molecule has 0 saturated heterocycles. The van der Waals surface area contributed by atoms with Crippen LogP contribution in [0.5, 0.6) is 0 Å². The van der Waals surface area contributed by atoms with Crippen molar-refractivity contribution in [1.29, 1.82) is 0 Å². The highest BCUT2D eigenvalue weighted by molar-refractivity contribution is 7.99. The summed E-state index contributed by atoms with van der Waals surface area (Å²) in [6.45, 7) is 2.09. The van der Waals surface area contributed by atoms with Crippen molar-refractivity contribution in [2.45, 2.75) is 13.3 Å². The van der Waals surface area contributed by atoms with Gasteiger partial charge in [-0.05, 0) is 30.4 Å². The molecule has 1 nitrogen and oxygen atoms in total. The monoisotopic (exact) mass is 262 g/mol. The molecule has 0 bridgehead atoms. The van der Waals surface area contributed by atoms with E-state index in [1.165, 1.54) is 0 Å². The molecule has 0 aliphatic rings. The molecule has 82 valence electrons. The van der Waals surface area contributed by atoms with Crippen molar-refractivity contribution in [3.8, 4) is 0 Å². The van der Waals surface area contributed by atoms with E-state index in [4.69, 9.17) is 23.2 Å². The lowest BCUT2D eigenvalue weighted by atomic mass is 10.1. The van der Waals surface area contributed by atoms with E-state index < -0.39 is 0 Å². The molecule has 1 rings (SSSR count). The molecule has 0 heterocycles. The Hall–Kier alpha value is -0.180. The van der Waals surface area contributed by atoms with Crippen LogP contribution < -0.4 is 0 Å². The molecule has 0 amide bonds. The van der Waals surface area contributed by atoms with E-state index in [0.717, 1.165) is 12.2 Å². The van der Waals surface area contributed by atoms with Gasteiger partial charge in [-0.2, -0.15) is 11.8 Å².